The topological polar surface area (TPSA) is 69.6 Å². The van der Waals surface area contributed by atoms with E-state index in [-0.39, 0.29) is 18.4 Å². The van der Waals surface area contributed by atoms with Gasteiger partial charge < -0.3 is 15.3 Å². The fraction of sp³-hybridized carbons (Fsp3) is 0.333. The highest BCUT2D eigenvalue weighted by molar-refractivity contribution is 6.10. The van der Waals surface area contributed by atoms with Gasteiger partial charge in [-0.05, 0) is 12.1 Å². The fourth-order valence-corrected chi connectivity index (χ4v) is 2.44. The first-order chi connectivity index (χ1) is 8.16. The van der Waals surface area contributed by atoms with E-state index in [1.54, 1.807) is 24.3 Å². The monoisotopic (exact) mass is 232 g/mol. The molecule has 0 saturated carbocycles. The summed E-state index contributed by atoms with van der Waals surface area (Å²) in [5.41, 5.74) is 1.03. The van der Waals surface area contributed by atoms with Gasteiger partial charge in [-0.15, -0.1) is 0 Å². The third-order valence-electron chi connectivity index (χ3n) is 3.26. The molecule has 1 aromatic rings. The minimum absolute atomic E-state index is 0.194. The van der Waals surface area contributed by atoms with Crippen LogP contribution < -0.4 is 5.32 Å². The van der Waals surface area contributed by atoms with Crippen LogP contribution in [0.4, 0.5) is 5.69 Å². The quantitative estimate of drug-likeness (QED) is 0.672. The van der Waals surface area contributed by atoms with Crippen molar-refractivity contribution in [3.63, 3.8) is 0 Å². The summed E-state index contributed by atoms with van der Waals surface area (Å²) in [4.78, 5) is 25.6. The minimum Gasteiger partial charge on any atom is -0.391 e. The smallest absolute Gasteiger partial charge is 0.256 e. The van der Waals surface area contributed by atoms with Crippen LogP contribution in [-0.4, -0.2) is 40.5 Å². The lowest BCUT2D eigenvalue weighted by Gasteiger charge is -2.19. The van der Waals surface area contributed by atoms with Gasteiger partial charge in [0.1, 0.15) is 6.04 Å². The first-order valence-electron chi connectivity index (χ1n) is 5.56. The average Bonchev–Trinajstić information content (AvgIpc) is 2.67. The van der Waals surface area contributed by atoms with Crippen LogP contribution in [0.2, 0.25) is 0 Å². The van der Waals surface area contributed by atoms with Crippen LogP contribution >= 0.6 is 0 Å². The molecule has 2 amide bonds. The van der Waals surface area contributed by atoms with E-state index in [4.69, 9.17) is 0 Å². The molecule has 1 fully saturated rings. The number of aliphatic hydroxyl groups excluding tert-OH is 1. The van der Waals surface area contributed by atoms with Crippen molar-refractivity contribution in [1.82, 2.24) is 4.90 Å². The third-order valence-corrected chi connectivity index (χ3v) is 3.26. The summed E-state index contributed by atoms with van der Waals surface area (Å²) in [6.45, 7) is 0.227. The second kappa shape index (κ2) is 3.56. The standard InChI is InChI=1S/C12H12N2O3/c15-7-5-10-11(16)13-9-4-2-1-3-8(9)12(17)14(10)6-7/h1-4,7,10,15H,5-6H2,(H,13,16)/t7?,10-/m0/s1. The van der Waals surface area contributed by atoms with Crippen molar-refractivity contribution in [1.29, 1.82) is 0 Å². The highest BCUT2D eigenvalue weighted by Crippen LogP contribution is 2.28. The Balaban J connectivity index is 2.08. The maximum atomic E-state index is 12.2. The number of hydrogen-bond donors (Lipinski definition) is 2. The Labute approximate surface area is 98.0 Å². The Morgan fingerprint density at radius 2 is 2.06 bits per heavy atom. The molecule has 2 aliphatic rings. The van der Waals surface area contributed by atoms with E-state index in [0.29, 0.717) is 17.7 Å². The van der Waals surface area contributed by atoms with Gasteiger partial charge in [0.25, 0.3) is 5.91 Å². The van der Waals surface area contributed by atoms with Crippen molar-refractivity contribution in [3.05, 3.63) is 29.8 Å². The third kappa shape index (κ3) is 1.51. The van der Waals surface area contributed by atoms with E-state index in [9.17, 15) is 14.7 Å². The normalized spacial score (nSPS) is 27.2. The summed E-state index contributed by atoms with van der Waals surface area (Å²) in [6.07, 6.45) is -0.300. The second-order valence-corrected chi connectivity index (χ2v) is 4.40. The molecule has 0 radical (unpaired) electrons. The van der Waals surface area contributed by atoms with Gasteiger partial charge in [0, 0.05) is 13.0 Å². The van der Waals surface area contributed by atoms with Crippen molar-refractivity contribution in [2.24, 2.45) is 0 Å². The first kappa shape index (κ1) is 10.3. The first-order valence-corrected chi connectivity index (χ1v) is 5.56. The zero-order valence-corrected chi connectivity index (χ0v) is 9.09. The van der Waals surface area contributed by atoms with Crippen LogP contribution in [0.1, 0.15) is 16.8 Å². The maximum absolute atomic E-state index is 12.2. The molecule has 88 valence electrons. The largest absolute Gasteiger partial charge is 0.391 e. The molecule has 1 aromatic carbocycles. The van der Waals surface area contributed by atoms with Gasteiger partial charge in [0.15, 0.2) is 0 Å². The number of benzene rings is 1. The summed E-state index contributed by atoms with van der Waals surface area (Å²) < 4.78 is 0. The highest BCUT2D eigenvalue weighted by Gasteiger charge is 2.41. The van der Waals surface area contributed by atoms with Crippen LogP contribution in [0.25, 0.3) is 0 Å². The van der Waals surface area contributed by atoms with E-state index < -0.39 is 12.1 Å². The molecule has 17 heavy (non-hydrogen) atoms. The highest BCUT2D eigenvalue weighted by atomic mass is 16.3. The lowest BCUT2D eigenvalue weighted by atomic mass is 10.1. The van der Waals surface area contributed by atoms with Gasteiger partial charge in [-0.3, -0.25) is 9.59 Å². The molecular weight excluding hydrogens is 220 g/mol. The Hall–Kier alpha value is -1.88. The second-order valence-electron chi connectivity index (χ2n) is 4.40. The number of aliphatic hydroxyl groups is 1. The summed E-state index contributed by atoms with van der Waals surface area (Å²) in [5.74, 6) is -0.416. The number of para-hydroxylation sites is 1. The Morgan fingerprint density at radius 3 is 2.88 bits per heavy atom. The number of amides is 2. The van der Waals surface area contributed by atoms with Crippen LogP contribution in [-0.2, 0) is 4.79 Å². The Morgan fingerprint density at radius 1 is 1.29 bits per heavy atom. The predicted octanol–water partition coefficient (Wildman–Crippen LogP) is 0.214. The van der Waals surface area contributed by atoms with Crippen molar-refractivity contribution in [3.8, 4) is 0 Å². The number of carbonyl (C=O) groups excluding carboxylic acids is 2. The molecule has 2 heterocycles. The molecule has 2 aliphatic heterocycles. The molecule has 0 bridgehead atoms. The van der Waals surface area contributed by atoms with Gasteiger partial charge in [0.2, 0.25) is 5.91 Å². The maximum Gasteiger partial charge on any atom is 0.256 e. The molecule has 0 aliphatic carbocycles. The molecule has 5 nitrogen and oxygen atoms in total. The molecular formula is C12H12N2O3. The van der Waals surface area contributed by atoms with E-state index in [2.05, 4.69) is 5.32 Å². The van der Waals surface area contributed by atoms with E-state index in [1.165, 1.54) is 4.90 Å². The molecule has 5 heteroatoms. The number of nitrogens with one attached hydrogen (secondary N) is 1. The Bertz CT molecular complexity index is 500. The van der Waals surface area contributed by atoms with Crippen molar-refractivity contribution in [2.75, 3.05) is 11.9 Å². The van der Waals surface area contributed by atoms with Crippen LogP contribution in [0.15, 0.2) is 24.3 Å². The fourth-order valence-electron chi connectivity index (χ4n) is 2.44. The average molecular weight is 232 g/mol. The van der Waals surface area contributed by atoms with Crippen molar-refractivity contribution >= 4 is 17.5 Å². The molecule has 0 aromatic heterocycles. The number of anilines is 1. The molecule has 2 atom stereocenters. The van der Waals surface area contributed by atoms with E-state index in [0.717, 1.165) is 0 Å². The van der Waals surface area contributed by atoms with Gasteiger partial charge in [-0.25, -0.2) is 0 Å². The molecule has 0 spiro atoms. The zero-order chi connectivity index (χ0) is 12.0. The lowest BCUT2D eigenvalue weighted by Crippen LogP contribution is -2.40. The lowest BCUT2D eigenvalue weighted by molar-refractivity contribution is -0.119. The number of carbonyl (C=O) groups is 2. The molecule has 1 unspecified atom stereocenters. The van der Waals surface area contributed by atoms with Gasteiger partial charge in [-0.2, -0.15) is 0 Å². The van der Waals surface area contributed by atoms with Gasteiger partial charge in [-0.1, -0.05) is 12.1 Å². The van der Waals surface area contributed by atoms with E-state index >= 15 is 0 Å². The van der Waals surface area contributed by atoms with Crippen LogP contribution in [0.5, 0.6) is 0 Å². The van der Waals surface area contributed by atoms with Crippen molar-refractivity contribution < 1.29 is 14.7 Å². The number of hydrogen-bond acceptors (Lipinski definition) is 3. The number of rotatable bonds is 0. The summed E-state index contributed by atoms with van der Waals surface area (Å²) >= 11 is 0. The number of nitrogens with zero attached hydrogens (tertiary/aromatic N) is 1. The summed E-state index contributed by atoms with van der Waals surface area (Å²) in [6, 6.07) is 6.38. The minimum atomic E-state index is -0.611. The van der Waals surface area contributed by atoms with Gasteiger partial charge >= 0.3 is 0 Å². The van der Waals surface area contributed by atoms with Crippen molar-refractivity contribution in [2.45, 2.75) is 18.6 Å². The van der Waals surface area contributed by atoms with Gasteiger partial charge in [0.05, 0.1) is 17.4 Å². The Kier molecular flexibility index (Phi) is 2.16. The molecule has 3 rings (SSSR count). The zero-order valence-electron chi connectivity index (χ0n) is 9.09. The predicted molar refractivity (Wildman–Crippen MR) is 60.5 cm³/mol. The van der Waals surface area contributed by atoms with Crippen LogP contribution in [0.3, 0.4) is 0 Å². The van der Waals surface area contributed by atoms with E-state index in [1.807, 2.05) is 0 Å². The number of fused-ring (bicyclic) bond motifs is 2. The van der Waals surface area contributed by atoms with Crippen LogP contribution in [0, 0.1) is 0 Å². The molecule has 2 N–H and O–H groups in total. The summed E-state index contributed by atoms with van der Waals surface area (Å²) in [7, 11) is 0. The molecule has 1 saturated heterocycles. The SMILES string of the molecule is O=C1Nc2ccccc2C(=O)N2CC(O)C[C@@H]12. The summed E-state index contributed by atoms with van der Waals surface area (Å²) in [5, 5.41) is 12.3.